The molecule has 100 valence electrons. The molecular formula is C14H21NO2S. The van der Waals surface area contributed by atoms with Crippen molar-refractivity contribution in [3.05, 3.63) is 29.8 Å². The van der Waals surface area contributed by atoms with Gasteiger partial charge in [-0.05, 0) is 31.9 Å². The second-order valence-corrected chi connectivity index (χ2v) is 5.99. The molecule has 0 aliphatic carbocycles. The molecule has 3 nitrogen and oxygen atoms in total. The summed E-state index contributed by atoms with van der Waals surface area (Å²) in [5, 5.41) is 9.64. The maximum atomic E-state index is 9.64. The molecule has 1 aromatic carbocycles. The summed E-state index contributed by atoms with van der Waals surface area (Å²) >= 11 is 1.84. The fourth-order valence-corrected chi connectivity index (χ4v) is 3.50. The van der Waals surface area contributed by atoms with Gasteiger partial charge < -0.3 is 15.6 Å². The average molecular weight is 267 g/mol. The summed E-state index contributed by atoms with van der Waals surface area (Å²) < 4.78 is 6.13. The minimum absolute atomic E-state index is 0.218. The summed E-state index contributed by atoms with van der Waals surface area (Å²) in [6.07, 6.45) is 0.183. The molecule has 3 atom stereocenters. The first kappa shape index (κ1) is 13.9. The molecule has 0 aromatic heterocycles. The van der Waals surface area contributed by atoms with Crippen molar-refractivity contribution in [1.29, 1.82) is 0 Å². The maximum Gasteiger partial charge on any atom is 0.108 e. The topological polar surface area (TPSA) is 55.5 Å². The van der Waals surface area contributed by atoms with E-state index in [1.54, 1.807) is 6.92 Å². The van der Waals surface area contributed by atoms with Gasteiger partial charge in [-0.2, -0.15) is 0 Å². The molecule has 18 heavy (non-hydrogen) atoms. The van der Waals surface area contributed by atoms with Gasteiger partial charge in [-0.25, -0.2) is 0 Å². The van der Waals surface area contributed by atoms with Gasteiger partial charge in [0.1, 0.15) is 5.60 Å². The zero-order valence-corrected chi connectivity index (χ0v) is 11.7. The Morgan fingerprint density at radius 2 is 2.17 bits per heavy atom. The highest BCUT2D eigenvalue weighted by molar-refractivity contribution is 7.99. The number of fused-ring (bicyclic) bond motifs is 1. The van der Waals surface area contributed by atoms with E-state index in [9.17, 15) is 5.11 Å². The van der Waals surface area contributed by atoms with Crippen LogP contribution in [-0.4, -0.2) is 29.6 Å². The number of hydrogen-bond acceptors (Lipinski definition) is 4. The predicted molar refractivity (Wildman–Crippen MR) is 74.7 cm³/mol. The molecule has 1 heterocycles. The van der Waals surface area contributed by atoms with E-state index in [4.69, 9.17) is 10.5 Å². The Kier molecular flexibility index (Phi) is 4.33. The number of hydrogen-bond donors (Lipinski definition) is 2. The highest BCUT2D eigenvalue weighted by Crippen LogP contribution is 2.42. The number of benzene rings is 1. The molecule has 0 amide bonds. The minimum atomic E-state index is -0.491. The molecule has 3 unspecified atom stereocenters. The van der Waals surface area contributed by atoms with Gasteiger partial charge in [0.05, 0.1) is 12.2 Å². The van der Waals surface area contributed by atoms with Gasteiger partial charge in [-0.1, -0.05) is 18.2 Å². The molecule has 0 spiro atoms. The largest absolute Gasteiger partial charge is 0.391 e. The lowest BCUT2D eigenvalue weighted by molar-refractivity contribution is -0.127. The van der Waals surface area contributed by atoms with Crippen LogP contribution in [0.3, 0.4) is 0 Å². The molecule has 1 aliphatic heterocycles. The third-order valence-electron chi connectivity index (χ3n) is 3.56. The lowest BCUT2D eigenvalue weighted by Crippen LogP contribution is -2.45. The summed E-state index contributed by atoms with van der Waals surface area (Å²) in [7, 11) is 0. The summed E-state index contributed by atoms with van der Waals surface area (Å²) in [6, 6.07) is 8.26. The summed E-state index contributed by atoms with van der Waals surface area (Å²) in [5.41, 5.74) is 6.70. The molecule has 2 rings (SSSR count). The van der Waals surface area contributed by atoms with Crippen LogP contribution in [0.2, 0.25) is 0 Å². The molecule has 1 aromatic rings. The molecule has 0 fully saturated rings. The number of aliphatic hydroxyl groups excluding tert-OH is 1. The molecule has 3 N–H and O–H groups in total. The van der Waals surface area contributed by atoms with Crippen LogP contribution in [-0.2, 0) is 10.3 Å². The van der Waals surface area contributed by atoms with E-state index in [1.807, 2.05) is 30.8 Å². The fraction of sp³-hybridized carbons (Fsp3) is 0.571. The Balaban J connectivity index is 2.33. The predicted octanol–water partition coefficient (Wildman–Crippen LogP) is 2.12. The highest BCUT2D eigenvalue weighted by Gasteiger charge is 2.38. The van der Waals surface area contributed by atoms with Crippen molar-refractivity contribution >= 4 is 11.8 Å². The summed E-state index contributed by atoms with van der Waals surface area (Å²) in [5.74, 6) is 1.00. The number of ether oxygens (including phenoxy) is 1. The lowest BCUT2D eigenvalue weighted by Gasteiger charge is -2.40. The van der Waals surface area contributed by atoms with Crippen LogP contribution >= 0.6 is 11.8 Å². The lowest BCUT2D eigenvalue weighted by atomic mass is 9.89. The van der Waals surface area contributed by atoms with Gasteiger partial charge in [0.25, 0.3) is 0 Å². The van der Waals surface area contributed by atoms with E-state index in [1.165, 1.54) is 4.90 Å². The van der Waals surface area contributed by atoms with Crippen LogP contribution in [0.5, 0.6) is 0 Å². The zero-order valence-electron chi connectivity index (χ0n) is 10.9. The van der Waals surface area contributed by atoms with Gasteiger partial charge in [0.15, 0.2) is 0 Å². The molecule has 0 bridgehead atoms. The number of rotatable bonds is 4. The smallest absolute Gasteiger partial charge is 0.108 e. The standard InChI is InChI=1S/C14H21NO2S/c1-10(16)11(2)17-14(9-15)7-8-18-13-6-4-3-5-12(13)14/h3-6,10-11,16H,7-9,15H2,1-2H3. The monoisotopic (exact) mass is 267 g/mol. The summed E-state index contributed by atoms with van der Waals surface area (Å²) in [4.78, 5) is 1.24. The SMILES string of the molecule is CC(O)C(C)OC1(CN)CCSc2ccccc21. The fourth-order valence-electron chi connectivity index (χ4n) is 2.27. The van der Waals surface area contributed by atoms with E-state index >= 15 is 0 Å². The van der Waals surface area contributed by atoms with Crippen molar-refractivity contribution in [1.82, 2.24) is 0 Å². The van der Waals surface area contributed by atoms with Gasteiger partial charge in [0.2, 0.25) is 0 Å². The quantitative estimate of drug-likeness (QED) is 0.877. The van der Waals surface area contributed by atoms with Crippen LogP contribution in [0.1, 0.15) is 25.8 Å². The first-order valence-electron chi connectivity index (χ1n) is 6.37. The first-order valence-corrected chi connectivity index (χ1v) is 7.36. The summed E-state index contributed by atoms with van der Waals surface area (Å²) in [6.45, 7) is 4.09. The van der Waals surface area contributed by atoms with Crippen molar-refractivity contribution in [2.45, 2.75) is 43.0 Å². The van der Waals surface area contributed by atoms with Gasteiger partial charge >= 0.3 is 0 Å². The number of aliphatic hydroxyl groups is 1. The molecular weight excluding hydrogens is 246 g/mol. The van der Waals surface area contributed by atoms with E-state index in [0.29, 0.717) is 6.54 Å². The Morgan fingerprint density at radius 3 is 2.83 bits per heavy atom. The van der Waals surface area contributed by atoms with Crippen molar-refractivity contribution in [2.75, 3.05) is 12.3 Å². The van der Waals surface area contributed by atoms with E-state index in [2.05, 4.69) is 12.1 Å². The highest BCUT2D eigenvalue weighted by atomic mass is 32.2. The van der Waals surface area contributed by atoms with E-state index in [0.717, 1.165) is 17.7 Å². The maximum absolute atomic E-state index is 9.64. The van der Waals surface area contributed by atoms with E-state index < -0.39 is 11.7 Å². The van der Waals surface area contributed by atoms with Crippen molar-refractivity contribution in [3.63, 3.8) is 0 Å². The number of nitrogens with two attached hydrogens (primary N) is 1. The van der Waals surface area contributed by atoms with Crippen molar-refractivity contribution in [2.24, 2.45) is 5.73 Å². The molecule has 0 saturated carbocycles. The first-order chi connectivity index (χ1) is 8.59. The van der Waals surface area contributed by atoms with Gasteiger partial charge in [-0.15, -0.1) is 11.8 Å². The van der Waals surface area contributed by atoms with E-state index in [-0.39, 0.29) is 6.10 Å². The third-order valence-corrected chi connectivity index (χ3v) is 4.64. The van der Waals surface area contributed by atoms with Crippen LogP contribution in [0.4, 0.5) is 0 Å². The second-order valence-electron chi connectivity index (χ2n) is 4.86. The van der Waals surface area contributed by atoms with Crippen molar-refractivity contribution < 1.29 is 9.84 Å². The van der Waals surface area contributed by atoms with Crippen LogP contribution < -0.4 is 5.73 Å². The third kappa shape index (κ3) is 2.57. The van der Waals surface area contributed by atoms with Gasteiger partial charge in [-0.3, -0.25) is 0 Å². The van der Waals surface area contributed by atoms with Crippen LogP contribution in [0.25, 0.3) is 0 Å². The van der Waals surface area contributed by atoms with Crippen molar-refractivity contribution in [3.8, 4) is 0 Å². The Labute approximate surface area is 113 Å². The molecule has 4 heteroatoms. The molecule has 0 radical (unpaired) electrons. The van der Waals surface area contributed by atoms with Gasteiger partial charge in [0, 0.05) is 17.2 Å². The molecule has 0 saturated heterocycles. The van der Waals surface area contributed by atoms with Crippen LogP contribution in [0.15, 0.2) is 29.2 Å². The normalized spacial score (nSPS) is 26.4. The number of thioether (sulfide) groups is 1. The minimum Gasteiger partial charge on any atom is -0.391 e. The van der Waals surface area contributed by atoms with Crippen LogP contribution in [0, 0.1) is 0 Å². The Hall–Kier alpha value is -0.550. The Bertz CT molecular complexity index is 411. The second kappa shape index (κ2) is 5.61. The zero-order chi connectivity index (χ0) is 13.2. The Morgan fingerprint density at radius 1 is 1.44 bits per heavy atom. The average Bonchev–Trinajstić information content (AvgIpc) is 2.39. The molecule has 1 aliphatic rings.